The van der Waals surface area contributed by atoms with Gasteiger partial charge in [-0.05, 0) is 90.4 Å². The molecule has 5 aliphatic heterocycles. The first kappa shape index (κ1) is 29.8. The minimum atomic E-state index is -1.20. The SMILES string of the molecule is CN1CCN(C(=O)C2=CN3C4CC5OC6CCCCC6C5CC4OC4C(NCCC5CCCN5C)C(F)CC(C2=O)C43)CC1. The number of likely N-dealkylation sites (tertiary alicyclic amines) is 1. The van der Waals surface area contributed by atoms with Gasteiger partial charge in [-0.1, -0.05) is 12.8 Å². The Balaban J connectivity index is 1.09. The van der Waals surface area contributed by atoms with E-state index in [0.717, 1.165) is 51.9 Å². The average molecular weight is 614 g/mol. The van der Waals surface area contributed by atoms with Crippen molar-refractivity contribution in [3.8, 4) is 0 Å². The number of fused-ring (bicyclic) bond motifs is 5. The monoisotopic (exact) mass is 613 g/mol. The van der Waals surface area contributed by atoms with Crippen molar-refractivity contribution in [3.63, 3.8) is 0 Å². The number of ether oxygens (including phenoxy) is 2. The molecule has 0 aromatic carbocycles. The van der Waals surface area contributed by atoms with E-state index in [1.165, 1.54) is 32.1 Å². The number of nitrogens with one attached hydrogen (secondary N) is 1. The molecule has 12 atom stereocenters. The van der Waals surface area contributed by atoms with Crippen molar-refractivity contribution >= 4 is 11.7 Å². The molecule has 8 rings (SSSR count). The number of morpholine rings is 1. The summed E-state index contributed by atoms with van der Waals surface area (Å²) >= 11 is 0. The number of hydrogen-bond acceptors (Lipinski definition) is 8. The number of nitrogens with zero attached hydrogens (tertiary/aromatic N) is 4. The molecule has 0 aromatic rings. The number of rotatable bonds is 5. The topological polar surface area (TPSA) is 77.6 Å². The molecular formula is C34H52FN5O4. The maximum absolute atomic E-state index is 16.3. The zero-order valence-electron chi connectivity index (χ0n) is 26.6. The first-order chi connectivity index (χ1) is 21.4. The number of piperazine rings is 1. The van der Waals surface area contributed by atoms with E-state index in [-0.39, 0.29) is 48.0 Å². The summed E-state index contributed by atoms with van der Waals surface area (Å²) < 4.78 is 30.0. The molecule has 1 N–H and O–H groups in total. The standard InChI is InChI=1S/C34H52FN5O4/c1-37-12-14-39(15-13-37)34(42)24-19-40-26-18-28-22(21-7-3-4-8-27(21)43-28)17-29(26)44-33-30(25(35)16-23(31(33)40)32(24)41)36-10-9-20-6-5-11-38(20)2/h19-23,25-31,33,36H,3-18H2,1-2H3. The van der Waals surface area contributed by atoms with Gasteiger partial charge in [0.2, 0.25) is 0 Å². The van der Waals surface area contributed by atoms with E-state index in [1.54, 1.807) is 0 Å². The summed E-state index contributed by atoms with van der Waals surface area (Å²) in [5.41, 5.74) is 0.251. The lowest BCUT2D eigenvalue weighted by Crippen LogP contribution is -2.73. The summed E-state index contributed by atoms with van der Waals surface area (Å²) in [7, 11) is 4.24. The normalized spacial score (nSPS) is 45.8. The van der Waals surface area contributed by atoms with Gasteiger partial charge in [0.15, 0.2) is 5.78 Å². The molecule has 1 amide bonds. The highest BCUT2D eigenvalue weighted by molar-refractivity contribution is 6.20. The molecule has 9 nitrogen and oxygen atoms in total. The van der Waals surface area contributed by atoms with E-state index in [1.807, 2.05) is 11.1 Å². The van der Waals surface area contributed by atoms with E-state index in [4.69, 9.17) is 9.47 Å². The van der Waals surface area contributed by atoms with Crippen LogP contribution in [0.2, 0.25) is 0 Å². The third-order valence-corrected chi connectivity index (χ3v) is 13.0. The van der Waals surface area contributed by atoms with Crippen LogP contribution in [0.3, 0.4) is 0 Å². The quantitative estimate of drug-likeness (QED) is 0.474. The van der Waals surface area contributed by atoms with Crippen LogP contribution in [0.5, 0.6) is 0 Å². The molecule has 5 heterocycles. The third kappa shape index (κ3) is 5.06. The lowest BCUT2D eigenvalue weighted by atomic mass is 9.67. The Hall–Kier alpha value is -1.59. The van der Waals surface area contributed by atoms with Crippen LogP contribution < -0.4 is 5.32 Å². The van der Waals surface area contributed by atoms with Crippen LogP contribution in [0.1, 0.15) is 64.2 Å². The number of likely N-dealkylation sites (N-methyl/N-ethyl adjacent to an activating group) is 1. The Kier molecular flexibility index (Phi) is 8.05. The maximum atomic E-state index is 16.3. The molecule has 0 aromatic heterocycles. The van der Waals surface area contributed by atoms with Crippen LogP contribution in [0.25, 0.3) is 0 Å². The number of halogens is 1. The Morgan fingerprint density at radius 2 is 1.75 bits per heavy atom. The van der Waals surface area contributed by atoms with Crippen molar-refractivity contribution in [3.05, 3.63) is 11.8 Å². The number of hydrogen-bond donors (Lipinski definition) is 1. The Morgan fingerprint density at radius 3 is 2.55 bits per heavy atom. The van der Waals surface area contributed by atoms with Gasteiger partial charge >= 0.3 is 0 Å². The van der Waals surface area contributed by atoms with Crippen LogP contribution >= 0.6 is 0 Å². The molecule has 3 aliphatic carbocycles. The Morgan fingerprint density at radius 1 is 0.932 bits per heavy atom. The summed E-state index contributed by atoms with van der Waals surface area (Å²) in [5.74, 6) is 0.122. The molecule has 12 unspecified atom stereocenters. The van der Waals surface area contributed by atoms with Gasteiger partial charge in [-0.3, -0.25) is 9.59 Å². The molecule has 3 saturated carbocycles. The zero-order valence-corrected chi connectivity index (χ0v) is 26.6. The highest BCUT2D eigenvalue weighted by atomic mass is 19.1. The van der Waals surface area contributed by atoms with Gasteiger partial charge in [-0.25, -0.2) is 4.39 Å². The van der Waals surface area contributed by atoms with Gasteiger partial charge in [-0.15, -0.1) is 0 Å². The van der Waals surface area contributed by atoms with E-state index >= 15 is 4.39 Å². The molecule has 44 heavy (non-hydrogen) atoms. The fraction of sp³-hybridized carbons (Fsp3) is 0.882. The third-order valence-electron chi connectivity index (χ3n) is 13.0. The maximum Gasteiger partial charge on any atom is 0.259 e. The first-order valence-electron chi connectivity index (χ1n) is 17.8. The van der Waals surface area contributed by atoms with Gasteiger partial charge < -0.3 is 34.4 Å². The number of ketones is 1. The minimum Gasteiger partial charge on any atom is -0.374 e. The van der Waals surface area contributed by atoms with Gasteiger partial charge in [0, 0.05) is 44.3 Å². The minimum absolute atomic E-state index is 0.0347. The summed E-state index contributed by atoms with van der Waals surface area (Å²) in [6, 6.07) is -0.143. The fourth-order valence-corrected chi connectivity index (χ4v) is 10.6. The fourth-order valence-electron chi connectivity index (χ4n) is 10.6. The van der Waals surface area contributed by atoms with Crippen molar-refractivity contribution in [1.29, 1.82) is 0 Å². The van der Waals surface area contributed by atoms with E-state index in [2.05, 4.69) is 34.1 Å². The summed E-state index contributed by atoms with van der Waals surface area (Å²) in [5, 5.41) is 3.61. The highest BCUT2D eigenvalue weighted by Crippen LogP contribution is 2.52. The highest BCUT2D eigenvalue weighted by Gasteiger charge is 2.61. The Bertz CT molecular complexity index is 1150. The van der Waals surface area contributed by atoms with E-state index in [9.17, 15) is 9.59 Å². The molecule has 0 bridgehead atoms. The number of carbonyl (C=O) groups is 2. The summed E-state index contributed by atoms with van der Waals surface area (Å²) in [6.45, 7) is 4.68. The molecule has 0 radical (unpaired) electrons. The number of alkyl halides is 1. The van der Waals surface area contributed by atoms with Crippen molar-refractivity contribution in [2.24, 2.45) is 17.8 Å². The molecule has 8 aliphatic rings. The lowest BCUT2D eigenvalue weighted by molar-refractivity contribution is -0.209. The van der Waals surface area contributed by atoms with Crippen molar-refractivity contribution in [1.82, 2.24) is 24.9 Å². The lowest BCUT2D eigenvalue weighted by Gasteiger charge is -2.60. The number of Topliss-reactive ketones (excluding diaryl/α,β-unsaturated/α-hetero) is 1. The molecule has 244 valence electrons. The number of amides is 1. The van der Waals surface area contributed by atoms with Gasteiger partial charge in [-0.2, -0.15) is 0 Å². The summed E-state index contributed by atoms with van der Waals surface area (Å²) in [6.07, 6.45) is 11.0. The van der Waals surface area contributed by atoms with Crippen LogP contribution in [0.4, 0.5) is 4.39 Å². The van der Waals surface area contributed by atoms with Gasteiger partial charge in [0.05, 0.1) is 48.1 Å². The summed E-state index contributed by atoms with van der Waals surface area (Å²) in [4.78, 5) is 36.8. The molecule has 4 saturated heterocycles. The average Bonchev–Trinajstić information content (AvgIpc) is 3.60. The molecular weight excluding hydrogens is 561 g/mol. The predicted octanol–water partition coefficient (Wildman–Crippen LogP) is 2.20. The van der Waals surface area contributed by atoms with Crippen LogP contribution in [0.15, 0.2) is 11.8 Å². The van der Waals surface area contributed by atoms with Crippen LogP contribution in [-0.2, 0) is 19.1 Å². The molecule has 0 spiro atoms. The van der Waals surface area contributed by atoms with Gasteiger partial charge in [0.25, 0.3) is 5.91 Å². The van der Waals surface area contributed by atoms with Crippen LogP contribution in [0, 0.1) is 17.8 Å². The zero-order chi connectivity index (χ0) is 30.1. The Labute approximate surface area is 261 Å². The molecule has 7 fully saturated rings. The predicted molar refractivity (Wildman–Crippen MR) is 164 cm³/mol. The second-order valence-electron chi connectivity index (χ2n) is 15.3. The number of carbonyl (C=O) groups excluding carboxylic acids is 2. The second-order valence-corrected chi connectivity index (χ2v) is 15.3. The molecule has 10 heteroatoms. The van der Waals surface area contributed by atoms with Gasteiger partial charge in [0.1, 0.15) is 6.17 Å². The van der Waals surface area contributed by atoms with Crippen LogP contribution in [-0.4, -0.2) is 139 Å². The first-order valence-corrected chi connectivity index (χ1v) is 17.8. The van der Waals surface area contributed by atoms with E-state index in [0.29, 0.717) is 37.1 Å². The van der Waals surface area contributed by atoms with E-state index < -0.39 is 24.2 Å². The van der Waals surface area contributed by atoms with Crippen molar-refractivity contribution < 1.29 is 23.5 Å². The second kappa shape index (κ2) is 11.9. The smallest absolute Gasteiger partial charge is 0.259 e. The van der Waals surface area contributed by atoms with Crippen molar-refractivity contribution in [2.45, 2.75) is 119 Å². The van der Waals surface area contributed by atoms with Crippen molar-refractivity contribution in [2.75, 3.05) is 53.4 Å². The largest absolute Gasteiger partial charge is 0.374 e.